The van der Waals surface area contributed by atoms with Crippen molar-refractivity contribution in [2.45, 2.75) is 51.6 Å². The summed E-state index contributed by atoms with van der Waals surface area (Å²) >= 11 is 0. The van der Waals surface area contributed by atoms with Gasteiger partial charge in [0.15, 0.2) is 0 Å². The van der Waals surface area contributed by atoms with Gasteiger partial charge in [0.25, 0.3) is 0 Å². The number of hydrazine groups is 1. The molecule has 1 aromatic heterocycles. The zero-order valence-corrected chi connectivity index (χ0v) is 12.6. The molecule has 1 aliphatic heterocycles. The number of ether oxygens (including phenoxy) is 1. The number of nitrogens with one attached hydrogen (secondary N) is 2. The molecule has 1 atom stereocenters. The number of aromatic nitrogens is 2. The third-order valence-electron chi connectivity index (χ3n) is 3.33. The first-order valence-electron chi connectivity index (χ1n) is 7.20. The Hall–Kier alpha value is -1.40. The van der Waals surface area contributed by atoms with Crippen LogP contribution in [0.2, 0.25) is 0 Å². The molecule has 0 amide bonds. The minimum absolute atomic E-state index is 0.120. The van der Waals surface area contributed by atoms with Crippen molar-refractivity contribution in [1.82, 2.24) is 9.97 Å². The summed E-state index contributed by atoms with van der Waals surface area (Å²) in [7, 11) is 0. The van der Waals surface area contributed by atoms with Gasteiger partial charge in [0.1, 0.15) is 17.5 Å². The Balaban J connectivity index is 2.06. The summed E-state index contributed by atoms with van der Waals surface area (Å²) in [5.41, 5.74) is 2.48. The van der Waals surface area contributed by atoms with Crippen LogP contribution in [0.1, 0.15) is 45.9 Å². The second-order valence-electron chi connectivity index (χ2n) is 6.23. The first-order chi connectivity index (χ1) is 9.49. The molecule has 6 heteroatoms. The average molecular weight is 279 g/mol. The van der Waals surface area contributed by atoms with Gasteiger partial charge in [-0.05, 0) is 19.3 Å². The van der Waals surface area contributed by atoms with Crippen molar-refractivity contribution in [3.8, 4) is 0 Å². The van der Waals surface area contributed by atoms with E-state index in [2.05, 4.69) is 41.5 Å². The second kappa shape index (κ2) is 6.37. The minimum atomic E-state index is -0.120. The highest BCUT2D eigenvalue weighted by Crippen LogP contribution is 2.22. The van der Waals surface area contributed by atoms with E-state index in [0.29, 0.717) is 5.82 Å². The first kappa shape index (κ1) is 15.0. The molecule has 0 radical (unpaired) electrons. The van der Waals surface area contributed by atoms with Gasteiger partial charge in [-0.1, -0.05) is 20.8 Å². The molecule has 2 heterocycles. The topological polar surface area (TPSA) is 85.1 Å². The molecule has 1 fully saturated rings. The molecule has 0 saturated carbocycles. The van der Waals surface area contributed by atoms with Gasteiger partial charge in [0, 0.05) is 24.6 Å². The van der Waals surface area contributed by atoms with Crippen LogP contribution in [-0.2, 0) is 10.2 Å². The average Bonchev–Trinajstić information content (AvgIpc) is 2.45. The highest BCUT2D eigenvalue weighted by atomic mass is 16.5. The fraction of sp³-hybridized carbons (Fsp3) is 0.714. The van der Waals surface area contributed by atoms with E-state index in [4.69, 9.17) is 10.6 Å². The maximum absolute atomic E-state index is 5.71. The Kier molecular flexibility index (Phi) is 4.77. The van der Waals surface area contributed by atoms with Gasteiger partial charge in [-0.15, -0.1) is 0 Å². The van der Waals surface area contributed by atoms with Crippen molar-refractivity contribution in [2.24, 2.45) is 5.84 Å². The van der Waals surface area contributed by atoms with E-state index in [9.17, 15) is 0 Å². The Morgan fingerprint density at radius 2 is 2.05 bits per heavy atom. The Labute approximate surface area is 120 Å². The normalized spacial score (nSPS) is 19.7. The molecule has 0 bridgehead atoms. The van der Waals surface area contributed by atoms with E-state index < -0.39 is 0 Å². The van der Waals surface area contributed by atoms with Crippen LogP contribution in [0, 0.1) is 0 Å². The number of nitrogen functional groups attached to an aromatic ring is 1. The van der Waals surface area contributed by atoms with Crippen molar-refractivity contribution >= 4 is 11.6 Å². The fourth-order valence-corrected chi connectivity index (χ4v) is 2.13. The van der Waals surface area contributed by atoms with E-state index in [-0.39, 0.29) is 11.5 Å². The van der Waals surface area contributed by atoms with Crippen LogP contribution >= 0.6 is 0 Å². The molecule has 2 rings (SSSR count). The van der Waals surface area contributed by atoms with Crippen molar-refractivity contribution < 1.29 is 4.74 Å². The molecule has 1 aromatic rings. The maximum atomic E-state index is 5.71. The SMILES string of the molecule is CC(C)(C)c1nc(NN)cc(NCC2CCCCO2)n1. The van der Waals surface area contributed by atoms with Gasteiger partial charge >= 0.3 is 0 Å². The summed E-state index contributed by atoms with van der Waals surface area (Å²) in [6.45, 7) is 7.87. The third-order valence-corrected chi connectivity index (χ3v) is 3.33. The quantitative estimate of drug-likeness (QED) is 0.578. The molecule has 0 aliphatic carbocycles. The van der Waals surface area contributed by atoms with Crippen molar-refractivity contribution in [1.29, 1.82) is 0 Å². The zero-order valence-electron chi connectivity index (χ0n) is 12.6. The zero-order chi connectivity index (χ0) is 14.6. The van der Waals surface area contributed by atoms with Crippen LogP contribution < -0.4 is 16.6 Å². The molecule has 4 N–H and O–H groups in total. The van der Waals surface area contributed by atoms with Gasteiger partial charge in [0.05, 0.1) is 6.10 Å². The number of rotatable bonds is 4. The van der Waals surface area contributed by atoms with Crippen LogP contribution in [0.4, 0.5) is 11.6 Å². The fourth-order valence-electron chi connectivity index (χ4n) is 2.13. The summed E-state index contributed by atoms with van der Waals surface area (Å²) < 4.78 is 5.71. The molecule has 1 aliphatic rings. The first-order valence-corrected chi connectivity index (χ1v) is 7.20. The van der Waals surface area contributed by atoms with E-state index in [1.165, 1.54) is 12.8 Å². The van der Waals surface area contributed by atoms with Gasteiger partial charge in [-0.2, -0.15) is 0 Å². The second-order valence-corrected chi connectivity index (χ2v) is 6.23. The highest BCUT2D eigenvalue weighted by molar-refractivity contribution is 5.47. The summed E-state index contributed by atoms with van der Waals surface area (Å²) in [6, 6.07) is 1.82. The van der Waals surface area contributed by atoms with Crippen molar-refractivity contribution in [2.75, 3.05) is 23.9 Å². The van der Waals surface area contributed by atoms with Gasteiger partial charge in [-0.3, -0.25) is 0 Å². The van der Waals surface area contributed by atoms with Crippen LogP contribution in [0.15, 0.2) is 6.07 Å². The Morgan fingerprint density at radius 1 is 1.30 bits per heavy atom. The molecular weight excluding hydrogens is 254 g/mol. The van der Waals surface area contributed by atoms with E-state index in [1.54, 1.807) is 0 Å². The lowest BCUT2D eigenvalue weighted by Gasteiger charge is -2.24. The van der Waals surface area contributed by atoms with Crippen molar-refractivity contribution in [3.05, 3.63) is 11.9 Å². The number of anilines is 2. The standard InChI is InChI=1S/C14H25N5O/c1-14(2,3)13-17-11(8-12(18-13)19-15)16-9-10-6-4-5-7-20-10/h8,10H,4-7,9,15H2,1-3H3,(H2,16,17,18,19). The number of hydrogen-bond acceptors (Lipinski definition) is 6. The minimum Gasteiger partial charge on any atom is -0.376 e. The Morgan fingerprint density at radius 3 is 2.65 bits per heavy atom. The lowest BCUT2D eigenvalue weighted by Crippen LogP contribution is -2.28. The number of nitrogens with two attached hydrogens (primary N) is 1. The lowest BCUT2D eigenvalue weighted by molar-refractivity contribution is 0.0247. The number of nitrogens with zero attached hydrogens (tertiary/aromatic N) is 2. The molecule has 1 saturated heterocycles. The molecule has 112 valence electrons. The summed E-state index contributed by atoms with van der Waals surface area (Å²) in [4.78, 5) is 8.96. The number of hydrogen-bond donors (Lipinski definition) is 3. The monoisotopic (exact) mass is 279 g/mol. The third kappa shape index (κ3) is 4.05. The van der Waals surface area contributed by atoms with E-state index in [1.807, 2.05) is 6.07 Å². The predicted octanol–water partition coefficient (Wildman–Crippen LogP) is 2.04. The van der Waals surface area contributed by atoms with Crippen molar-refractivity contribution in [3.63, 3.8) is 0 Å². The van der Waals surface area contributed by atoms with Crippen LogP contribution in [0.5, 0.6) is 0 Å². The van der Waals surface area contributed by atoms with E-state index in [0.717, 1.165) is 31.2 Å². The molecular formula is C14H25N5O. The predicted molar refractivity (Wildman–Crippen MR) is 80.6 cm³/mol. The molecule has 1 unspecified atom stereocenters. The largest absolute Gasteiger partial charge is 0.376 e. The van der Waals surface area contributed by atoms with Gasteiger partial charge < -0.3 is 15.5 Å². The smallest absolute Gasteiger partial charge is 0.145 e. The van der Waals surface area contributed by atoms with Crippen LogP contribution in [0.3, 0.4) is 0 Å². The van der Waals surface area contributed by atoms with Gasteiger partial charge in [-0.25, -0.2) is 15.8 Å². The van der Waals surface area contributed by atoms with Crippen LogP contribution in [-0.4, -0.2) is 29.2 Å². The molecule has 6 nitrogen and oxygen atoms in total. The summed E-state index contributed by atoms with van der Waals surface area (Å²) in [5, 5.41) is 3.33. The lowest BCUT2D eigenvalue weighted by atomic mass is 9.96. The summed E-state index contributed by atoms with van der Waals surface area (Å²) in [5.74, 6) is 7.65. The van der Waals surface area contributed by atoms with E-state index >= 15 is 0 Å². The molecule has 0 aromatic carbocycles. The molecule has 0 spiro atoms. The molecule has 20 heavy (non-hydrogen) atoms. The van der Waals surface area contributed by atoms with Crippen LogP contribution in [0.25, 0.3) is 0 Å². The summed E-state index contributed by atoms with van der Waals surface area (Å²) in [6.07, 6.45) is 3.77. The Bertz CT molecular complexity index is 438. The van der Waals surface area contributed by atoms with Gasteiger partial charge in [0.2, 0.25) is 0 Å². The highest BCUT2D eigenvalue weighted by Gasteiger charge is 2.20. The maximum Gasteiger partial charge on any atom is 0.145 e.